The van der Waals surface area contributed by atoms with E-state index in [1.807, 2.05) is 0 Å². The van der Waals surface area contributed by atoms with E-state index in [4.69, 9.17) is 4.74 Å². The minimum Gasteiger partial charge on any atom is -0.462 e. The number of ether oxygens (including phenoxy) is 1. The van der Waals surface area contributed by atoms with Gasteiger partial charge in [-0.2, -0.15) is 0 Å². The Morgan fingerprint density at radius 3 is 2.12 bits per heavy atom. The molecule has 0 saturated carbocycles. The average molecular weight is 353 g/mol. The molecule has 0 spiro atoms. The second-order valence-corrected chi connectivity index (χ2v) is 8.19. The van der Waals surface area contributed by atoms with Crippen molar-refractivity contribution in [3.05, 3.63) is 12.2 Å². The standard InChI is InChI=1S/C23H44O2/c1-7-20(5)16-14-12-10-9-11-13-15-17-21(6)18-23(24)25-22(8-2)19(3)4/h11,13,19-22H,7-10,12,14-18H2,1-6H3/b13-11+/t20-,21-,22+/m1/s1. The molecule has 0 aromatic carbocycles. The van der Waals surface area contributed by atoms with Gasteiger partial charge >= 0.3 is 5.97 Å². The van der Waals surface area contributed by atoms with Gasteiger partial charge in [0.2, 0.25) is 0 Å². The summed E-state index contributed by atoms with van der Waals surface area (Å²) in [5, 5.41) is 0. The van der Waals surface area contributed by atoms with Gasteiger partial charge in [-0.25, -0.2) is 0 Å². The fourth-order valence-electron chi connectivity index (χ4n) is 3.05. The lowest BCUT2D eigenvalue weighted by molar-refractivity contribution is -0.152. The maximum atomic E-state index is 12.0. The Labute approximate surface area is 157 Å². The van der Waals surface area contributed by atoms with Gasteiger partial charge in [-0.1, -0.05) is 79.4 Å². The highest BCUT2D eigenvalue weighted by Gasteiger charge is 2.17. The van der Waals surface area contributed by atoms with Gasteiger partial charge in [0.25, 0.3) is 0 Å². The van der Waals surface area contributed by atoms with Crippen molar-refractivity contribution in [1.29, 1.82) is 0 Å². The average Bonchev–Trinajstić information content (AvgIpc) is 2.57. The third kappa shape index (κ3) is 14.1. The summed E-state index contributed by atoms with van der Waals surface area (Å²) in [4.78, 5) is 12.0. The molecule has 25 heavy (non-hydrogen) atoms. The van der Waals surface area contributed by atoms with E-state index < -0.39 is 0 Å². The molecule has 0 rings (SSSR count). The molecular weight excluding hydrogens is 308 g/mol. The second kappa shape index (κ2) is 15.5. The van der Waals surface area contributed by atoms with E-state index >= 15 is 0 Å². The van der Waals surface area contributed by atoms with Crippen LogP contribution in [-0.4, -0.2) is 12.1 Å². The van der Waals surface area contributed by atoms with Crippen molar-refractivity contribution in [2.75, 3.05) is 0 Å². The number of carbonyl (C=O) groups is 1. The van der Waals surface area contributed by atoms with Crippen molar-refractivity contribution in [3.63, 3.8) is 0 Å². The van der Waals surface area contributed by atoms with Crippen molar-refractivity contribution >= 4 is 5.97 Å². The van der Waals surface area contributed by atoms with Crippen molar-refractivity contribution < 1.29 is 9.53 Å². The lowest BCUT2D eigenvalue weighted by Crippen LogP contribution is -2.23. The van der Waals surface area contributed by atoms with Crippen LogP contribution >= 0.6 is 0 Å². The molecule has 0 aliphatic rings. The first-order chi connectivity index (χ1) is 11.9. The molecule has 0 unspecified atom stereocenters. The van der Waals surface area contributed by atoms with Crippen molar-refractivity contribution in [1.82, 2.24) is 0 Å². The molecule has 0 aromatic heterocycles. The molecule has 0 heterocycles. The van der Waals surface area contributed by atoms with Crippen LogP contribution in [0.3, 0.4) is 0 Å². The molecule has 0 aliphatic carbocycles. The van der Waals surface area contributed by atoms with Crippen LogP contribution in [0.5, 0.6) is 0 Å². The highest BCUT2D eigenvalue weighted by Crippen LogP contribution is 2.17. The topological polar surface area (TPSA) is 26.3 Å². The van der Waals surface area contributed by atoms with Gasteiger partial charge in [-0.3, -0.25) is 4.79 Å². The number of allylic oxidation sites excluding steroid dienone is 2. The molecule has 148 valence electrons. The minimum atomic E-state index is -0.0293. The van der Waals surface area contributed by atoms with E-state index in [9.17, 15) is 4.79 Å². The zero-order valence-corrected chi connectivity index (χ0v) is 17.9. The molecule has 0 bridgehead atoms. The molecule has 0 saturated heterocycles. The van der Waals surface area contributed by atoms with E-state index in [2.05, 4.69) is 53.7 Å². The summed E-state index contributed by atoms with van der Waals surface area (Å²) >= 11 is 0. The fourth-order valence-corrected chi connectivity index (χ4v) is 3.05. The molecule has 0 fully saturated rings. The lowest BCUT2D eigenvalue weighted by Gasteiger charge is -2.20. The molecule has 0 amide bonds. The summed E-state index contributed by atoms with van der Waals surface area (Å²) in [5.74, 6) is 1.66. The van der Waals surface area contributed by atoms with Crippen LogP contribution in [0.4, 0.5) is 0 Å². The van der Waals surface area contributed by atoms with Crippen LogP contribution in [0, 0.1) is 17.8 Å². The smallest absolute Gasteiger partial charge is 0.306 e. The molecule has 0 aromatic rings. The van der Waals surface area contributed by atoms with E-state index in [1.54, 1.807) is 0 Å². The van der Waals surface area contributed by atoms with E-state index in [-0.39, 0.29) is 12.1 Å². The summed E-state index contributed by atoms with van der Waals surface area (Å²) < 4.78 is 5.58. The van der Waals surface area contributed by atoms with Crippen LogP contribution in [0.15, 0.2) is 12.2 Å². The van der Waals surface area contributed by atoms with Gasteiger partial charge < -0.3 is 4.74 Å². The van der Waals surface area contributed by atoms with Crippen molar-refractivity contribution in [2.24, 2.45) is 17.8 Å². The summed E-state index contributed by atoms with van der Waals surface area (Å²) in [6, 6.07) is 0. The molecule has 0 radical (unpaired) electrons. The largest absolute Gasteiger partial charge is 0.462 e. The van der Waals surface area contributed by atoms with Gasteiger partial charge in [-0.05, 0) is 49.9 Å². The fraction of sp³-hybridized carbons (Fsp3) is 0.870. The summed E-state index contributed by atoms with van der Waals surface area (Å²) in [6.45, 7) is 13.1. The molecule has 0 N–H and O–H groups in total. The Hall–Kier alpha value is -0.790. The SMILES string of the molecule is CC[C@@H](C)CCCCC/C=C/CC[C@@H](C)CC(=O)O[C@@H](CC)C(C)C. The van der Waals surface area contributed by atoms with Gasteiger partial charge in [0.15, 0.2) is 0 Å². The number of carbonyl (C=O) groups excluding carboxylic acids is 1. The summed E-state index contributed by atoms with van der Waals surface area (Å²) in [6.07, 6.45) is 16.2. The van der Waals surface area contributed by atoms with Gasteiger partial charge in [0, 0.05) is 6.42 Å². The number of rotatable bonds is 15. The Balaban J connectivity index is 3.68. The van der Waals surface area contributed by atoms with E-state index in [1.165, 1.54) is 38.5 Å². The first-order valence-corrected chi connectivity index (χ1v) is 10.7. The number of esters is 1. The number of unbranched alkanes of at least 4 members (excludes halogenated alkanes) is 3. The van der Waals surface area contributed by atoms with E-state index in [0.717, 1.165) is 25.2 Å². The van der Waals surface area contributed by atoms with Gasteiger partial charge in [0.05, 0.1) is 0 Å². The van der Waals surface area contributed by atoms with Crippen LogP contribution in [0.2, 0.25) is 0 Å². The molecular formula is C23H44O2. The zero-order valence-electron chi connectivity index (χ0n) is 17.9. The quantitative estimate of drug-likeness (QED) is 0.175. The lowest BCUT2D eigenvalue weighted by atomic mass is 10.00. The van der Waals surface area contributed by atoms with Gasteiger partial charge in [-0.15, -0.1) is 0 Å². The number of hydrogen-bond acceptors (Lipinski definition) is 2. The Bertz CT molecular complexity index is 346. The maximum absolute atomic E-state index is 12.0. The highest BCUT2D eigenvalue weighted by molar-refractivity contribution is 5.69. The van der Waals surface area contributed by atoms with Crippen molar-refractivity contribution in [3.8, 4) is 0 Å². The first kappa shape index (κ1) is 24.2. The molecule has 0 aliphatic heterocycles. The van der Waals surface area contributed by atoms with Crippen molar-refractivity contribution in [2.45, 2.75) is 112 Å². The first-order valence-electron chi connectivity index (χ1n) is 10.7. The summed E-state index contributed by atoms with van der Waals surface area (Å²) in [5.41, 5.74) is 0. The predicted molar refractivity (Wildman–Crippen MR) is 110 cm³/mol. The monoisotopic (exact) mass is 352 g/mol. The second-order valence-electron chi connectivity index (χ2n) is 8.19. The Morgan fingerprint density at radius 2 is 1.52 bits per heavy atom. The van der Waals surface area contributed by atoms with E-state index in [0.29, 0.717) is 18.3 Å². The normalized spacial score (nSPS) is 15.5. The molecule has 3 atom stereocenters. The maximum Gasteiger partial charge on any atom is 0.306 e. The number of hydrogen-bond donors (Lipinski definition) is 0. The molecule has 2 heteroatoms. The van der Waals surface area contributed by atoms with Crippen LogP contribution < -0.4 is 0 Å². The minimum absolute atomic E-state index is 0.0293. The van der Waals surface area contributed by atoms with Crippen LogP contribution in [0.1, 0.15) is 106 Å². The predicted octanol–water partition coefficient (Wildman–Crippen LogP) is 7.32. The third-order valence-electron chi connectivity index (χ3n) is 5.20. The summed E-state index contributed by atoms with van der Waals surface area (Å²) in [7, 11) is 0. The van der Waals surface area contributed by atoms with Crippen LogP contribution in [0.25, 0.3) is 0 Å². The molecule has 2 nitrogen and oxygen atoms in total. The zero-order chi connectivity index (χ0) is 19.1. The Kier molecular flexibility index (Phi) is 15.0. The highest BCUT2D eigenvalue weighted by atomic mass is 16.5. The van der Waals surface area contributed by atoms with Crippen LogP contribution in [-0.2, 0) is 9.53 Å². The van der Waals surface area contributed by atoms with Gasteiger partial charge in [0.1, 0.15) is 6.10 Å². The third-order valence-corrected chi connectivity index (χ3v) is 5.20. The Morgan fingerprint density at radius 1 is 0.840 bits per heavy atom.